The van der Waals surface area contributed by atoms with Crippen LogP contribution in [0.1, 0.15) is 5.69 Å². The van der Waals surface area contributed by atoms with Gasteiger partial charge in [0.2, 0.25) is 0 Å². The third kappa shape index (κ3) is 1.63. The van der Waals surface area contributed by atoms with Crippen LogP contribution in [-0.2, 0) is 11.2 Å². The van der Waals surface area contributed by atoms with Crippen molar-refractivity contribution >= 4 is 11.7 Å². The van der Waals surface area contributed by atoms with Gasteiger partial charge in [0.05, 0.1) is 42.9 Å². The lowest BCUT2D eigenvalue weighted by Crippen LogP contribution is -2.19. The Bertz CT molecular complexity index is 240. The maximum absolute atomic E-state index is 9.42. The van der Waals surface area contributed by atoms with E-state index in [-0.39, 0.29) is 12.0 Å². The highest BCUT2D eigenvalue weighted by Gasteiger charge is 2.26. The molecule has 1 aromatic heterocycles. The molecule has 0 amide bonds. The van der Waals surface area contributed by atoms with Gasteiger partial charge in [0.1, 0.15) is 0 Å². The summed E-state index contributed by atoms with van der Waals surface area (Å²) in [6.45, 7) is 1.10. The van der Waals surface area contributed by atoms with Crippen LogP contribution in [0, 0.1) is 5.92 Å². The minimum atomic E-state index is -0.327. The van der Waals surface area contributed by atoms with E-state index in [1.54, 1.807) is 6.20 Å². The number of aliphatic hydroxyl groups is 1. The minimum Gasteiger partial charge on any atom is -0.390 e. The molecule has 2 heterocycles. The zero-order chi connectivity index (χ0) is 8.39. The second-order valence-electron chi connectivity index (χ2n) is 2.97. The normalized spacial score (nSPS) is 29.4. The molecule has 1 saturated heterocycles. The predicted octanol–water partition coefficient (Wildman–Crippen LogP) is 0.0879. The Morgan fingerprint density at radius 3 is 3.17 bits per heavy atom. The summed E-state index contributed by atoms with van der Waals surface area (Å²) in [6, 6.07) is 0. The Labute approximate surface area is 74.5 Å². The van der Waals surface area contributed by atoms with E-state index in [1.807, 2.05) is 0 Å². The molecule has 0 bridgehead atoms. The second kappa shape index (κ2) is 3.47. The molecule has 1 fully saturated rings. The van der Waals surface area contributed by atoms with E-state index in [2.05, 4.69) is 8.75 Å². The predicted molar refractivity (Wildman–Crippen MR) is 43.9 cm³/mol. The van der Waals surface area contributed by atoms with E-state index in [4.69, 9.17) is 4.74 Å². The van der Waals surface area contributed by atoms with Crippen molar-refractivity contribution in [1.82, 2.24) is 8.75 Å². The second-order valence-corrected chi connectivity index (χ2v) is 3.52. The summed E-state index contributed by atoms with van der Waals surface area (Å²) in [4.78, 5) is 0. The van der Waals surface area contributed by atoms with E-state index < -0.39 is 0 Å². The van der Waals surface area contributed by atoms with Gasteiger partial charge in [-0.15, -0.1) is 0 Å². The number of hydrogen-bond acceptors (Lipinski definition) is 5. The van der Waals surface area contributed by atoms with Gasteiger partial charge in [0.15, 0.2) is 0 Å². The van der Waals surface area contributed by atoms with Gasteiger partial charge in [-0.2, -0.15) is 8.75 Å². The molecular weight excluding hydrogens is 176 g/mol. The molecule has 5 heteroatoms. The van der Waals surface area contributed by atoms with Crippen molar-refractivity contribution in [3.05, 3.63) is 11.9 Å². The van der Waals surface area contributed by atoms with Crippen molar-refractivity contribution < 1.29 is 9.84 Å². The molecule has 4 nitrogen and oxygen atoms in total. The fourth-order valence-electron chi connectivity index (χ4n) is 1.32. The Balaban J connectivity index is 1.95. The zero-order valence-corrected chi connectivity index (χ0v) is 7.33. The molecule has 66 valence electrons. The molecule has 2 unspecified atom stereocenters. The fraction of sp³-hybridized carbons (Fsp3) is 0.714. The number of ether oxygens (including phenoxy) is 1. The molecule has 0 radical (unpaired) electrons. The fourth-order valence-corrected chi connectivity index (χ4v) is 1.77. The SMILES string of the molecule is OC1COCC1Cc1cnsn1. The van der Waals surface area contributed by atoms with Gasteiger partial charge in [-0.3, -0.25) is 0 Å². The Morgan fingerprint density at radius 2 is 2.58 bits per heavy atom. The molecule has 1 aliphatic heterocycles. The van der Waals surface area contributed by atoms with Crippen LogP contribution >= 0.6 is 11.7 Å². The van der Waals surface area contributed by atoms with Crippen LogP contribution < -0.4 is 0 Å². The van der Waals surface area contributed by atoms with Crippen molar-refractivity contribution in [2.75, 3.05) is 13.2 Å². The first-order valence-electron chi connectivity index (χ1n) is 3.88. The summed E-state index contributed by atoms with van der Waals surface area (Å²) in [5.41, 5.74) is 0.953. The highest BCUT2D eigenvalue weighted by atomic mass is 32.1. The van der Waals surface area contributed by atoms with Gasteiger partial charge in [0, 0.05) is 5.92 Å². The molecule has 1 aliphatic rings. The number of aliphatic hydroxyl groups excluding tert-OH is 1. The van der Waals surface area contributed by atoms with Gasteiger partial charge in [-0.1, -0.05) is 0 Å². The maximum atomic E-state index is 9.42. The van der Waals surface area contributed by atoms with Crippen molar-refractivity contribution in [2.45, 2.75) is 12.5 Å². The van der Waals surface area contributed by atoms with Crippen LogP contribution in [0.3, 0.4) is 0 Å². The largest absolute Gasteiger partial charge is 0.390 e. The van der Waals surface area contributed by atoms with Crippen molar-refractivity contribution in [3.63, 3.8) is 0 Å². The minimum absolute atomic E-state index is 0.203. The average Bonchev–Trinajstić information content (AvgIpc) is 2.65. The lowest BCUT2D eigenvalue weighted by atomic mass is 10.0. The van der Waals surface area contributed by atoms with Crippen LogP contribution in [0.25, 0.3) is 0 Å². The molecule has 2 atom stereocenters. The van der Waals surface area contributed by atoms with Crippen LogP contribution in [0.15, 0.2) is 6.20 Å². The molecular formula is C7H10N2O2S. The summed E-state index contributed by atoms with van der Waals surface area (Å²) in [6.07, 6.45) is 2.19. The van der Waals surface area contributed by atoms with E-state index in [0.29, 0.717) is 13.2 Å². The van der Waals surface area contributed by atoms with Gasteiger partial charge in [-0.05, 0) is 6.42 Å². The molecule has 0 saturated carbocycles. The quantitative estimate of drug-likeness (QED) is 0.711. The van der Waals surface area contributed by atoms with Crippen molar-refractivity contribution in [1.29, 1.82) is 0 Å². The van der Waals surface area contributed by atoms with Crippen LogP contribution in [0.2, 0.25) is 0 Å². The Morgan fingerprint density at radius 1 is 1.67 bits per heavy atom. The van der Waals surface area contributed by atoms with Crippen molar-refractivity contribution in [3.8, 4) is 0 Å². The summed E-state index contributed by atoms with van der Waals surface area (Å²) in [5.74, 6) is 0.203. The van der Waals surface area contributed by atoms with Gasteiger partial charge < -0.3 is 9.84 Å². The smallest absolute Gasteiger partial charge is 0.0827 e. The van der Waals surface area contributed by atoms with Gasteiger partial charge in [-0.25, -0.2) is 0 Å². The summed E-state index contributed by atoms with van der Waals surface area (Å²) in [5, 5.41) is 9.42. The van der Waals surface area contributed by atoms with E-state index >= 15 is 0 Å². The lowest BCUT2D eigenvalue weighted by Gasteiger charge is -2.08. The van der Waals surface area contributed by atoms with Crippen LogP contribution in [0.4, 0.5) is 0 Å². The molecule has 1 N–H and O–H groups in total. The first-order valence-corrected chi connectivity index (χ1v) is 4.61. The van der Waals surface area contributed by atoms with Gasteiger partial charge in [0.25, 0.3) is 0 Å². The summed E-state index contributed by atoms with van der Waals surface area (Å²) < 4.78 is 13.1. The zero-order valence-electron chi connectivity index (χ0n) is 6.51. The summed E-state index contributed by atoms with van der Waals surface area (Å²) >= 11 is 1.20. The first-order chi connectivity index (χ1) is 5.86. The molecule has 12 heavy (non-hydrogen) atoms. The van der Waals surface area contributed by atoms with E-state index in [9.17, 15) is 5.11 Å². The number of aromatic nitrogens is 2. The topological polar surface area (TPSA) is 55.2 Å². The number of hydrogen-bond donors (Lipinski definition) is 1. The molecule has 0 spiro atoms. The first kappa shape index (κ1) is 8.10. The molecule has 0 aliphatic carbocycles. The Kier molecular flexibility index (Phi) is 2.34. The maximum Gasteiger partial charge on any atom is 0.0827 e. The standard InChI is InChI=1S/C7H10N2O2S/c10-7-4-11-3-5(7)1-6-2-8-12-9-6/h2,5,7,10H,1,3-4H2. The molecule has 1 aromatic rings. The monoisotopic (exact) mass is 186 g/mol. The average molecular weight is 186 g/mol. The van der Waals surface area contributed by atoms with Crippen molar-refractivity contribution in [2.24, 2.45) is 5.92 Å². The van der Waals surface area contributed by atoms with Crippen LogP contribution in [0.5, 0.6) is 0 Å². The molecule has 0 aromatic carbocycles. The van der Waals surface area contributed by atoms with Crippen LogP contribution in [-0.4, -0.2) is 33.2 Å². The lowest BCUT2D eigenvalue weighted by molar-refractivity contribution is 0.118. The molecule has 2 rings (SSSR count). The Hall–Kier alpha value is -0.520. The van der Waals surface area contributed by atoms with E-state index in [1.165, 1.54) is 11.7 Å². The number of rotatable bonds is 2. The number of nitrogens with zero attached hydrogens (tertiary/aromatic N) is 2. The highest BCUT2D eigenvalue weighted by molar-refractivity contribution is 6.99. The third-order valence-electron chi connectivity index (χ3n) is 2.04. The summed E-state index contributed by atoms with van der Waals surface area (Å²) in [7, 11) is 0. The highest BCUT2D eigenvalue weighted by Crippen LogP contribution is 2.17. The third-order valence-corrected chi connectivity index (χ3v) is 2.56. The van der Waals surface area contributed by atoms with Gasteiger partial charge >= 0.3 is 0 Å². The van der Waals surface area contributed by atoms with E-state index in [0.717, 1.165) is 12.1 Å².